The molecule has 0 aliphatic heterocycles. The molecule has 7 nitrogen and oxygen atoms in total. The van der Waals surface area contributed by atoms with Crippen LogP contribution in [0.25, 0.3) is 0 Å². The average molecular weight is 536 g/mol. The predicted octanol–water partition coefficient (Wildman–Crippen LogP) is 6.55. The summed E-state index contributed by atoms with van der Waals surface area (Å²) in [5.41, 5.74) is 4.37. The van der Waals surface area contributed by atoms with E-state index >= 15 is 0 Å². The minimum Gasteiger partial charge on any atom is -0.444 e. The molecule has 3 amide bonds. The van der Waals surface area contributed by atoms with E-state index in [1.807, 2.05) is 77.9 Å². The summed E-state index contributed by atoms with van der Waals surface area (Å²) in [6.45, 7) is 20.9. The highest BCUT2D eigenvalue weighted by molar-refractivity contribution is 6.00. The van der Waals surface area contributed by atoms with Crippen LogP contribution in [0.3, 0.4) is 0 Å². The number of amides is 3. The number of hydrogen-bond acceptors (Lipinski definition) is 4. The van der Waals surface area contributed by atoms with Crippen molar-refractivity contribution in [3.05, 3.63) is 76.9 Å². The van der Waals surface area contributed by atoms with Crippen molar-refractivity contribution in [3.63, 3.8) is 0 Å². The van der Waals surface area contributed by atoms with Gasteiger partial charge in [-0.2, -0.15) is 0 Å². The molecule has 3 atom stereocenters. The lowest BCUT2D eigenvalue weighted by molar-refractivity contribution is -0.141. The Morgan fingerprint density at radius 1 is 0.974 bits per heavy atom. The highest BCUT2D eigenvalue weighted by Gasteiger charge is 2.39. The lowest BCUT2D eigenvalue weighted by atomic mass is 9.91. The van der Waals surface area contributed by atoms with Gasteiger partial charge in [0.05, 0.1) is 0 Å². The van der Waals surface area contributed by atoms with Crippen LogP contribution in [-0.2, 0) is 14.3 Å². The third-order valence-corrected chi connectivity index (χ3v) is 6.87. The van der Waals surface area contributed by atoms with Gasteiger partial charge >= 0.3 is 6.09 Å². The summed E-state index contributed by atoms with van der Waals surface area (Å²) in [7, 11) is 0. The van der Waals surface area contributed by atoms with Crippen molar-refractivity contribution in [2.45, 2.75) is 86.4 Å². The monoisotopic (exact) mass is 535 g/mol. The molecule has 0 aromatic heterocycles. The van der Waals surface area contributed by atoms with E-state index in [4.69, 9.17) is 4.74 Å². The second kappa shape index (κ2) is 13.5. The Morgan fingerprint density at radius 2 is 1.49 bits per heavy atom. The van der Waals surface area contributed by atoms with Crippen molar-refractivity contribution >= 4 is 23.6 Å². The largest absolute Gasteiger partial charge is 0.444 e. The van der Waals surface area contributed by atoms with Crippen molar-refractivity contribution in [2.75, 3.05) is 11.9 Å². The van der Waals surface area contributed by atoms with Gasteiger partial charge in [-0.3, -0.25) is 9.59 Å². The molecule has 0 radical (unpaired) electrons. The first kappa shape index (κ1) is 31.6. The molecule has 0 aliphatic carbocycles. The number of nitrogens with zero attached hydrogens (tertiary/aromatic N) is 1. The summed E-state index contributed by atoms with van der Waals surface area (Å²) in [6.07, 6.45) is 1.56. The number of alkyl carbamates (subject to hydrolysis) is 1. The molecule has 212 valence electrons. The molecule has 7 heteroatoms. The van der Waals surface area contributed by atoms with E-state index in [1.165, 1.54) is 4.90 Å². The molecule has 0 aliphatic rings. The van der Waals surface area contributed by atoms with Gasteiger partial charge in [-0.15, -0.1) is 6.58 Å². The van der Waals surface area contributed by atoms with Crippen LogP contribution in [0.15, 0.2) is 49.1 Å². The number of anilines is 1. The number of aryl methyl sites for hydroxylation is 4. The topological polar surface area (TPSA) is 87.7 Å². The molecule has 3 unspecified atom stereocenters. The number of ether oxygens (including phenoxy) is 1. The van der Waals surface area contributed by atoms with Crippen LogP contribution < -0.4 is 10.6 Å². The van der Waals surface area contributed by atoms with Gasteiger partial charge in [-0.05, 0) is 82.2 Å². The van der Waals surface area contributed by atoms with Crippen LogP contribution in [-0.4, -0.2) is 41.0 Å². The van der Waals surface area contributed by atoms with Crippen molar-refractivity contribution in [2.24, 2.45) is 5.92 Å². The predicted molar refractivity (Wildman–Crippen MR) is 158 cm³/mol. The first-order chi connectivity index (χ1) is 18.2. The Bertz CT molecular complexity index is 1160. The smallest absolute Gasteiger partial charge is 0.408 e. The van der Waals surface area contributed by atoms with E-state index in [-0.39, 0.29) is 24.3 Å². The SMILES string of the molecule is C=CCN(C(=O)C(NC(=O)OC(C)(C)C)C(C)CC)C(C(=O)Nc1c(C)cccc1C)c1c(C)cccc1C. The zero-order chi connectivity index (χ0) is 29.5. The molecule has 0 saturated heterocycles. The van der Waals surface area contributed by atoms with Crippen LogP contribution in [0.2, 0.25) is 0 Å². The van der Waals surface area contributed by atoms with Crippen molar-refractivity contribution < 1.29 is 19.1 Å². The number of carbonyl (C=O) groups excluding carboxylic acids is 3. The second-order valence-corrected chi connectivity index (χ2v) is 11.3. The molecule has 0 saturated carbocycles. The fraction of sp³-hybridized carbons (Fsp3) is 0.469. The standard InChI is InChI=1S/C32H45N3O4/c1-11-19-35(30(37)27(20(3)12-2)34-31(38)39-32(8,9)10)28(25-21(4)15-13-16-22(25)5)29(36)33-26-23(6)17-14-18-24(26)7/h11,13-18,20,27-28H,1,12,19H2,2-10H3,(H,33,36)(H,34,38). The van der Waals surface area contributed by atoms with Gasteiger partial charge in [0.15, 0.2) is 0 Å². The molecular weight excluding hydrogens is 490 g/mol. The maximum absolute atomic E-state index is 14.3. The van der Waals surface area contributed by atoms with E-state index < -0.39 is 23.8 Å². The van der Waals surface area contributed by atoms with E-state index in [0.717, 1.165) is 33.5 Å². The number of carbonyl (C=O) groups is 3. The fourth-order valence-corrected chi connectivity index (χ4v) is 4.65. The Morgan fingerprint density at radius 3 is 1.95 bits per heavy atom. The molecule has 2 aromatic carbocycles. The molecule has 0 bridgehead atoms. The van der Waals surface area contributed by atoms with Gasteiger partial charge in [0, 0.05) is 12.2 Å². The normalized spacial score (nSPS) is 13.6. The summed E-state index contributed by atoms with van der Waals surface area (Å²) in [4.78, 5) is 42.7. The first-order valence-corrected chi connectivity index (χ1v) is 13.6. The number of nitrogens with one attached hydrogen (secondary N) is 2. The molecular formula is C32H45N3O4. The van der Waals surface area contributed by atoms with Crippen molar-refractivity contribution in [1.82, 2.24) is 10.2 Å². The molecule has 2 N–H and O–H groups in total. The van der Waals surface area contributed by atoms with Gasteiger partial charge < -0.3 is 20.3 Å². The maximum atomic E-state index is 14.3. The third kappa shape index (κ3) is 8.19. The second-order valence-electron chi connectivity index (χ2n) is 11.3. The van der Waals surface area contributed by atoms with Crippen LogP contribution in [0, 0.1) is 33.6 Å². The first-order valence-electron chi connectivity index (χ1n) is 13.6. The van der Waals surface area contributed by atoms with Crippen LogP contribution >= 0.6 is 0 Å². The summed E-state index contributed by atoms with van der Waals surface area (Å²) in [6, 6.07) is 9.76. The van der Waals surface area contributed by atoms with E-state index in [0.29, 0.717) is 6.42 Å². The molecule has 39 heavy (non-hydrogen) atoms. The molecule has 2 aromatic rings. The lowest BCUT2D eigenvalue weighted by Crippen LogP contribution is -2.55. The quantitative estimate of drug-likeness (QED) is 0.338. The zero-order valence-corrected chi connectivity index (χ0v) is 25.0. The Hall–Kier alpha value is -3.61. The lowest BCUT2D eigenvalue weighted by Gasteiger charge is -2.36. The number of hydrogen-bond donors (Lipinski definition) is 2. The minimum atomic E-state index is -0.956. The van der Waals surface area contributed by atoms with Gasteiger partial charge in [0.2, 0.25) is 5.91 Å². The number of rotatable bonds is 10. The van der Waals surface area contributed by atoms with Crippen LogP contribution in [0.5, 0.6) is 0 Å². The summed E-state index contributed by atoms with van der Waals surface area (Å²) < 4.78 is 5.47. The molecule has 0 fully saturated rings. The molecule has 0 heterocycles. The van der Waals surface area contributed by atoms with Gasteiger partial charge in [-0.1, -0.05) is 62.7 Å². The van der Waals surface area contributed by atoms with Gasteiger partial charge in [-0.25, -0.2) is 4.79 Å². The Labute approximate surface area is 234 Å². The Kier molecular flexibility index (Phi) is 10.9. The zero-order valence-electron chi connectivity index (χ0n) is 25.0. The number of para-hydroxylation sites is 1. The molecule has 2 rings (SSSR count). The van der Waals surface area contributed by atoms with E-state index in [9.17, 15) is 14.4 Å². The van der Waals surface area contributed by atoms with Crippen molar-refractivity contribution in [1.29, 1.82) is 0 Å². The molecule has 0 spiro atoms. The summed E-state index contributed by atoms with van der Waals surface area (Å²) in [5, 5.41) is 5.89. The van der Waals surface area contributed by atoms with Crippen LogP contribution in [0.1, 0.15) is 74.9 Å². The van der Waals surface area contributed by atoms with Crippen LogP contribution in [0.4, 0.5) is 10.5 Å². The van der Waals surface area contributed by atoms with Gasteiger partial charge in [0.25, 0.3) is 5.91 Å². The maximum Gasteiger partial charge on any atom is 0.408 e. The van der Waals surface area contributed by atoms with Crippen molar-refractivity contribution in [3.8, 4) is 0 Å². The Balaban J connectivity index is 2.64. The third-order valence-electron chi connectivity index (χ3n) is 6.87. The fourth-order valence-electron chi connectivity index (χ4n) is 4.65. The summed E-state index contributed by atoms with van der Waals surface area (Å²) >= 11 is 0. The highest BCUT2D eigenvalue weighted by atomic mass is 16.6. The average Bonchev–Trinajstić information content (AvgIpc) is 2.84. The van der Waals surface area contributed by atoms with E-state index in [2.05, 4.69) is 17.2 Å². The highest BCUT2D eigenvalue weighted by Crippen LogP contribution is 2.31. The van der Waals surface area contributed by atoms with E-state index in [1.54, 1.807) is 26.8 Å². The minimum absolute atomic E-state index is 0.111. The summed E-state index contributed by atoms with van der Waals surface area (Å²) in [5.74, 6) is -0.919. The van der Waals surface area contributed by atoms with Gasteiger partial charge in [0.1, 0.15) is 17.7 Å². The number of benzene rings is 2.